The molecule has 3 aromatic carbocycles. The number of fused-ring (bicyclic) bond motifs is 1. The van der Waals surface area contributed by atoms with Crippen LogP contribution in [0.5, 0.6) is 17.2 Å². The Morgan fingerprint density at radius 2 is 1.71 bits per heavy atom. The predicted octanol–water partition coefficient (Wildman–Crippen LogP) is 4.52. The summed E-state index contributed by atoms with van der Waals surface area (Å²) in [7, 11) is 2.92. The number of rotatable bonds is 5. The standard InChI is InChI=1S/C27H22N2O6/c1-34-15-11-12-22(35-2)17(13-15)25(31)23-24(18-14-28-19-8-4-3-7-16(18)19)29(27(33)26(23)32)20-9-5-6-10-21(20)30/h3-14,24,28,30-31H,1-2H3/b25-23+. The number of ketones is 1. The lowest BCUT2D eigenvalue weighted by atomic mass is 9.94. The fourth-order valence-corrected chi connectivity index (χ4v) is 4.51. The number of nitrogens with one attached hydrogen (secondary N) is 1. The Bertz CT molecular complexity index is 1500. The zero-order valence-corrected chi connectivity index (χ0v) is 19.0. The molecule has 0 bridgehead atoms. The van der Waals surface area contributed by atoms with Crippen molar-refractivity contribution in [3.63, 3.8) is 0 Å². The van der Waals surface area contributed by atoms with Crippen LogP contribution < -0.4 is 14.4 Å². The van der Waals surface area contributed by atoms with Crippen LogP contribution in [0.1, 0.15) is 17.2 Å². The Hall–Kier alpha value is -4.72. The molecule has 3 N–H and O–H groups in total. The molecule has 0 aliphatic carbocycles. The van der Waals surface area contributed by atoms with Gasteiger partial charge in [-0.1, -0.05) is 30.3 Å². The monoisotopic (exact) mass is 470 g/mol. The van der Waals surface area contributed by atoms with Crippen LogP contribution in [-0.2, 0) is 9.59 Å². The lowest BCUT2D eigenvalue weighted by molar-refractivity contribution is -0.132. The zero-order valence-electron chi connectivity index (χ0n) is 19.0. The van der Waals surface area contributed by atoms with Crippen molar-refractivity contribution in [2.75, 3.05) is 19.1 Å². The second kappa shape index (κ2) is 8.57. The number of methoxy groups -OCH3 is 2. The van der Waals surface area contributed by atoms with Crippen LogP contribution in [0, 0.1) is 0 Å². The second-order valence-corrected chi connectivity index (χ2v) is 8.01. The molecule has 1 aliphatic heterocycles. The topological polar surface area (TPSA) is 112 Å². The summed E-state index contributed by atoms with van der Waals surface area (Å²) < 4.78 is 10.7. The van der Waals surface area contributed by atoms with Gasteiger partial charge in [-0.25, -0.2) is 0 Å². The van der Waals surface area contributed by atoms with E-state index in [1.807, 2.05) is 24.3 Å². The van der Waals surface area contributed by atoms with E-state index in [1.54, 1.807) is 36.5 Å². The summed E-state index contributed by atoms with van der Waals surface area (Å²) in [6.07, 6.45) is 1.70. The summed E-state index contributed by atoms with van der Waals surface area (Å²) in [6.45, 7) is 0. The Morgan fingerprint density at radius 3 is 2.46 bits per heavy atom. The number of hydrogen-bond donors (Lipinski definition) is 3. The SMILES string of the molecule is COc1ccc(OC)c(/C(O)=C2\C(=O)C(=O)N(c3ccccc3O)C2c2c[nH]c3ccccc23)c1. The minimum Gasteiger partial charge on any atom is -0.507 e. The molecule has 1 aromatic heterocycles. The fraction of sp³-hybridized carbons (Fsp3) is 0.111. The molecule has 4 aromatic rings. The molecule has 1 saturated heterocycles. The number of aromatic nitrogens is 1. The highest BCUT2D eigenvalue weighted by Gasteiger charge is 2.48. The fourth-order valence-electron chi connectivity index (χ4n) is 4.51. The summed E-state index contributed by atoms with van der Waals surface area (Å²) in [5, 5.41) is 22.8. The van der Waals surface area contributed by atoms with Crippen LogP contribution in [0.2, 0.25) is 0 Å². The molecule has 1 unspecified atom stereocenters. The number of phenolic OH excluding ortho intramolecular Hbond substituents is 1. The molecule has 176 valence electrons. The third-order valence-corrected chi connectivity index (χ3v) is 6.16. The maximum absolute atomic E-state index is 13.4. The quantitative estimate of drug-likeness (QED) is 0.225. The molecule has 1 atom stereocenters. The lowest BCUT2D eigenvalue weighted by Gasteiger charge is -2.25. The summed E-state index contributed by atoms with van der Waals surface area (Å²) in [6, 6.07) is 17.5. The first-order valence-corrected chi connectivity index (χ1v) is 10.8. The van der Waals surface area contributed by atoms with Gasteiger partial charge in [-0.05, 0) is 36.4 Å². The van der Waals surface area contributed by atoms with Crippen molar-refractivity contribution in [3.8, 4) is 17.2 Å². The molecule has 0 radical (unpaired) electrons. The first kappa shape index (κ1) is 22.1. The Kier molecular flexibility index (Phi) is 5.41. The largest absolute Gasteiger partial charge is 0.507 e. The summed E-state index contributed by atoms with van der Waals surface area (Å²) in [4.78, 5) is 31.2. The normalized spacial score (nSPS) is 17.2. The number of H-pyrrole nitrogens is 1. The molecule has 0 saturated carbocycles. The third-order valence-electron chi connectivity index (χ3n) is 6.16. The molecular formula is C27H22N2O6. The molecular weight excluding hydrogens is 448 g/mol. The van der Waals surface area contributed by atoms with Crippen molar-refractivity contribution >= 4 is 34.0 Å². The summed E-state index contributed by atoms with van der Waals surface area (Å²) in [5.41, 5.74) is 1.61. The average Bonchev–Trinajstić information content (AvgIpc) is 3.42. The van der Waals surface area contributed by atoms with Crippen molar-refractivity contribution in [2.45, 2.75) is 6.04 Å². The number of benzene rings is 3. The van der Waals surface area contributed by atoms with Crippen molar-refractivity contribution in [2.24, 2.45) is 0 Å². The van der Waals surface area contributed by atoms with E-state index in [-0.39, 0.29) is 22.6 Å². The van der Waals surface area contributed by atoms with Gasteiger partial charge in [0.25, 0.3) is 11.7 Å². The zero-order chi connectivity index (χ0) is 24.7. The highest BCUT2D eigenvalue weighted by molar-refractivity contribution is 6.52. The summed E-state index contributed by atoms with van der Waals surface area (Å²) >= 11 is 0. The van der Waals surface area contributed by atoms with E-state index in [2.05, 4.69) is 4.98 Å². The number of phenols is 1. The Balaban J connectivity index is 1.82. The minimum atomic E-state index is -1.02. The van der Waals surface area contributed by atoms with E-state index in [1.165, 1.54) is 31.3 Å². The lowest BCUT2D eigenvalue weighted by Crippen LogP contribution is -2.29. The van der Waals surface area contributed by atoms with Gasteiger partial charge in [-0.15, -0.1) is 0 Å². The number of carbonyl (C=O) groups excluding carboxylic acids is 2. The minimum absolute atomic E-state index is 0.130. The maximum atomic E-state index is 13.4. The van der Waals surface area contributed by atoms with Crippen molar-refractivity contribution in [1.29, 1.82) is 0 Å². The van der Waals surface area contributed by atoms with Gasteiger partial charge >= 0.3 is 0 Å². The van der Waals surface area contributed by atoms with E-state index in [0.29, 0.717) is 17.1 Å². The van der Waals surface area contributed by atoms with Gasteiger partial charge in [0.05, 0.1) is 37.1 Å². The molecule has 1 amide bonds. The van der Waals surface area contributed by atoms with Crippen LogP contribution in [0.3, 0.4) is 0 Å². The van der Waals surface area contributed by atoms with Crippen LogP contribution in [0.15, 0.2) is 78.5 Å². The Morgan fingerprint density at radius 1 is 0.971 bits per heavy atom. The number of hydrogen-bond acceptors (Lipinski definition) is 6. The number of aliphatic hydroxyl groups is 1. The van der Waals surface area contributed by atoms with Crippen molar-refractivity contribution < 1.29 is 29.3 Å². The van der Waals surface area contributed by atoms with Crippen LogP contribution in [-0.4, -0.2) is 41.1 Å². The first-order chi connectivity index (χ1) is 17.0. The van der Waals surface area contributed by atoms with Gasteiger partial charge in [0.15, 0.2) is 0 Å². The molecule has 1 fully saturated rings. The highest BCUT2D eigenvalue weighted by atomic mass is 16.5. The van der Waals surface area contributed by atoms with E-state index >= 15 is 0 Å². The van der Waals surface area contributed by atoms with E-state index < -0.39 is 23.5 Å². The number of aromatic amines is 1. The Labute approximate surface area is 200 Å². The number of anilines is 1. The van der Waals surface area contributed by atoms with E-state index in [9.17, 15) is 19.8 Å². The van der Waals surface area contributed by atoms with Gasteiger partial charge in [0, 0.05) is 22.7 Å². The molecule has 1 aliphatic rings. The van der Waals surface area contributed by atoms with Crippen LogP contribution in [0.4, 0.5) is 5.69 Å². The van der Waals surface area contributed by atoms with Gasteiger partial charge in [-0.2, -0.15) is 0 Å². The highest BCUT2D eigenvalue weighted by Crippen LogP contribution is 2.47. The number of nitrogens with zero attached hydrogens (tertiary/aromatic N) is 1. The molecule has 35 heavy (non-hydrogen) atoms. The molecule has 8 heteroatoms. The van der Waals surface area contributed by atoms with Gasteiger partial charge in [-0.3, -0.25) is 14.5 Å². The molecule has 0 spiro atoms. The van der Waals surface area contributed by atoms with Crippen molar-refractivity contribution in [1.82, 2.24) is 4.98 Å². The number of amides is 1. The first-order valence-electron chi connectivity index (χ1n) is 10.8. The average molecular weight is 470 g/mol. The van der Waals surface area contributed by atoms with Gasteiger partial charge < -0.3 is 24.7 Å². The van der Waals surface area contributed by atoms with Crippen LogP contribution in [0.25, 0.3) is 16.7 Å². The number of para-hydroxylation sites is 3. The third kappa shape index (κ3) is 3.47. The number of aromatic hydroxyl groups is 1. The number of aliphatic hydroxyl groups excluding tert-OH is 1. The van der Waals surface area contributed by atoms with E-state index in [4.69, 9.17) is 9.47 Å². The number of ether oxygens (including phenoxy) is 2. The second-order valence-electron chi connectivity index (χ2n) is 8.01. The van der Waals surface area contributed by atoms with E-state index in [0.717, 1.165) is 10.9 Å². The van der Waals surface area contributed by atoms with Crippen molar-refractivity contribution in [3.05, 3.63) is 89.6 Å². The maximum Gasteiger partial charge on any atom is 0.300 e. The summed E-state index contributed by atoms with van der Waals surface area (Å²) in [5.74, 6) is -1.60. The smallest absolute Gasteiger partial charge is 0.300 e. The van der Waals surface area contributed by atoms with Crippen LogP contribution >= 0.6 is 0 Å². The van der Waals surface area contributed by atoms with Gasteiger partial charge in [0.2, 0.25) is 0 Å². The van der Waals surface area contributed by atoms with Gasteiger partial charge in [0.1, 0.15) is 23.0 Å². The molecule has 8 nitrogen and oxygen atoms in total. The molecule has 5 rings (SSSR count). The predicted molar refractivity (Wildman–Crippen MR) is 131 cm³/mol. The number of Topliss-reactive ketones (excluding diaryl/α,β-unsaturated/α-hetero) is 1. The molecule has 2 heterocycles. The number of carbonyl (C=O) groups is 2.